The maximum absolute atomic E-state index is 10.8. The Labute approximate surface area is 119 Å². The Morgan fingerprint density at radius 3 is 2.86 bits per heavy atom. The zero-order valence-corrected chi connectivity index (χ0v) is 11.3. The number of rotatable bonds is 6. The van der Waals surface area contributed by atoms with Gasteiger partial charge in [-0.25, -0.2) is 0 Å². The molecule has 0 unspecified atom stereocenters. The van der Waals surface area contributed by atoms with Gasteiger partial charge in [-0.05, 0) is 18.9 Å². The summed E-state index contributed by atoms with van der Waals surface area (Å²) in [5.74, 6) is -0.372. The molecule has 0 radical (unpaired) electrons. The van der Waals surface area contributed by atoms with E-state index < -0.39 is 10.9 Å². The first-order valence-corrected chi connectivity index (χ1v) is 6.27. The fourth-order valence-corrected chi connectivity index (χ4v) is 1.81. The van der Waals surface area contributed by atoms with Crippen LogP contribution in [-0.4, -0.2) is 26.2 Å². The van der Waals surface area contributed by atoms with E-state index in [0.29, 0.717) is 24.3 Å². The average Bonchev–Trinajstić information content (AvgIpc) is 2.87. The summed E-state index contributed by atoms with van der Waals surface area (Å²) in [7, 11) is 0. The second kappa shape index (κ2) is 6.12. The lowest BCUT2D eigenvalue weighted by Crippen LogP contribution is -1.95. The number of carboxylic acid groups (broad SMARTS) is 1. The lowest BCUT2D eigenvalue weighted by atomic mass is 10.1. The van der Waals surface area contributed by atoms with E-state index in [4.69, 9.17) is 9.52 Å². The monoisotopic (exact) mass is 291 g/mol. The number of hydrogen-bond acceptors (Lipinski definition) is 6. The van der Waals surface area contributed by atoms with Gasteiger partial charge in [0.2, 0.25) is 11.8 Å². The molecule has 0 bridgehead atoms. The number of benzene rings is 1. The highest BCUT2D eigenvalue weighted by atomic mass is 16.6. The number of aromatic nitrogens is 2. The Hall–Kier alpha value is -2.77. The quantitative estimate of drug-likeness (QED) is 0.640. The molecule has 2 aromatic rings. The molecule has 1 aromatic carbocycles. The smallest absolute Gasteiger partial charge is 0.303 e. The summed E-state index contributed by atoms with van der Waals surface area (Å²) in [5.41, 5.74) is 1.23. The molecule has 0 amide bonds. The zero-order valence-electron chi connectivity index (χ0n) is 11.3. The van der Waals surface area contributed by atoms with Crippen molar-refractivity contribution >= 4 is 11.7 Å². The molecule has 0 aliphatic carbocycles. The highest BCUT2D eigenvalue weighted by Gasteiger charge is 2.15. The molecule has 8 nitrogen and oxygen atoms in total. The van der Waals surface area contributed by atoms with Crippen molar-refractivity contribution in [2.24, 2.45) is 0 Å². The van der Waals surface area contributed by atoms with Crippen LogP contribution in [0.15, 0.2) is 22.6 Å². The summed E-state index contributed by atoms with van der Waals surface area (Å²) in [6, 6.07) is 4.40. The van der Waals surface area contributed by atoms with Crippen molar-refractivity contribution < 1.29 is 19.2 Å². The largest absolute Gasteiger partial charge is 0.481 e. The van der Waals surface area contributed by atoms with Crippen molar-refractivity contribution in [3.63, 3.8) is 0 Å². The predicted molar refractivity (Wildman–Crippen MR) is 71.7 cm³/mol. The van der Waals surface area contributed by atoms with Gasteiger partial charge in [-0.3, -0.25) is 14.9 Å². The predicted octanol–water partition coefficient (Wildman–Crippen LogP) is 2.36. The van der Waals surface area contributed by atoms with Crippen molar-refractivity contribution in [1.29, 1.82) is 0 Å². The number of non-ortho nitro benzene ring substituents is 1. The highest BCUT2D eigenvalue weighted by molar-refractivity contribution is 5.66. The van der Waals surface area contributed by atoms with Crippen LogP contribution in [0.5, 0.6) is 0 Å². The van der Waals surface area contributed by atoms with Gasteiger partial charge in [0, 0.05) is 30.5 Å². The lowest BCUT2D eigenvalue weighted by molar-refractivity contribution is -0.384. The van der Waals surface area contributed by atoms with Gasteiger partial charge >= 0.3 is 5.97 Å². The molecule has 0 atom stereocenters. The van der Waals surface area contributed by atoms with Gasteiger partial charge in [0.25, 0.3) is 5.69 Å². The van der Waals surface area contributed by atoms with E-state index in [9.17, 15) is 14.9 Å². The van der Waals surface area contributed by atoms with Crippen LogP contribution in [-0.2, 0) is 11.2 Å². The fourth-order valence-electron chi connectivity index (χ4n) is 1.81. The molecule has 0 saturated heterocycles. The van der Waals surface area contributed by atoms with E-state index in [1.165, 1.54) is 12.1 Å². The fraction of sp³-hybridized carbons (Fsp3) is 0.308. The third-order valence-corrected chi connectivity index (χ3v) is 2.91. The number of aryl methyl sites for hydroxylation is 2. The summed E-state index contributed by atoms with van der Waals surface area (Å²) in [6.45, 7) is 1.79. The Morgan fingerprint density at radius 1 is 1.43 bits per heavy atom. The molecule has 110 valence electrons. The molecule has 0 aliphatic heterocycles. The number of hydrogen-bond donors (Lipinski definition) is 1. The van der Waals surface area contributed by atoms with Crippen molar-refractivity contribution in [3.8, 4) is 11.5 Å². The minimum atomic E-state index is -0.885. The maximum Gasteiger partial charge on any atom is 0.303 e. The average molecular weight is 291 g/mol. The molecule has 0 aliphatic rings. The first-order chi connectivity index (χ1) is 9.97. The molecule has 2 rings (SSSR count). The Kier molecular flexibility index (Phi) is 4.27. The van der Waals surface area contributed by atoms with Crippen LogP contribution in [0.1, 0.15) is 24.3 Å². The van der Waals surface area contributed by atoms with Crippen LogP contribution >= 0.6 is 0 Å². The van der Waals surface area contributed by atoms with Crippen LogP contribution in [0.3, 0.4) is 0 Å². The molecule has 1 heterocycles. The Bertz CT molecular complexity index is 680. The van der Waals surface area contributed by atoms with Crippen molar-refractivity contribution in [2.75, 3.05) is 0 Å². The molecule has 0 spiro atoms. The van der Waals surface area contributed by atoms with Crippen molar-refractivity contribution in [2.45, 2.75) is 26.2 Å². The highest BCUT2D eigenvalue weighted by Crippen LogP contribution is 2.26. The molecule has 1 aromatic heterocycles. The Morgan fingerprint density at radius 2 is 2.19 bits per heavy atom. The Balaban J connectivity index is 2.19. The molecule has 1 N–H and O–H groups in total. The normalized spacial score (nSPS) is 10.5. The second-order valence-corrected chi connectivity index (χ2v) is 4.50. The third-order valence-electron chi connectivity index (χ3n) is 2.91. The molecule has 8 heteroatoms. The number of nitrogens with zero attached hydrogens (tertiary/aromatic N) is 3. The standard InChI is InChI=1S/C13H13N3O5/c1-8-5-6-9(16(19)20)7-10(8)13-15-14-11(21-13)3-2-4-12(17)18/h5-7H,2-4H2,1H3,(H,17,18). The molecular weight excluding hydrogens is 278 g/mol. The minimum absolute atomic E-state index is 0.0214. The molecule has 0 saturated carbocycles. The number of nitro groups is 1. The lowest BCUT2D eigenvalue weighted by Gasteiger charge is -2.00. The van der Waals surface area contributed by atoms with E-state index >= 15 is 0 Å². The van der Waals surface area contributed by atoms with E-state index in [1.807, 2.05) is 0 Å². The molecule has 0 fully saturated rings. The third kappa shape index (κ3) is 3.62. The van der Waals surface area contributed by atoms with Crippen molar-refractivity contribution in [1.82, 2.24) is 10.2 Å². The van der Waals surface area contributed by atoms with Gasteiger partial charge in [-0.15, -0.1) is 10.2 Å². The number of nitro benzene ring substituents is 1. The van der Waals surface area contributed by atoms with Gasteiger partial charge in [-0.1, -0.05) is 6.07 Å². The van der Waals surface area contributed by atoms with Crippen LogP contribution in [0, 0.1) is 17.0 Å². The number of aliphatic carboxylic acids is 1. The number of carboxylic acids is 1. The number of carbonyl (C=O) groups is 1. The second-order valence-electron chi connectivity index (χ2n) is 4.50. The van der Waals surface area contributed by atoms with Gasteiger partial charge in [-0.2, -0.15) is 0 Å². The van der Waals surface area contributed by atoms with Gasteiger partial charge in [0.05, 0.1) is 4.92 Å². The van der Waals surface area contributed by atoms with Gasteiger partial charge in [0.1, 0.15) is 0 Å². The van der Waals surface area contributed by atoms with Gasteiger partial charge in [0.15, 0.2) is 0 Å². The van der Waals surface area contributed by atoms with Crippen LogP contribution in [0.2, 0.25) is 0 Å². The topological polar surface area (TPSA) is 119 Å². The summed E-state index contributed by atoms with van der Waals surface area (Å²) in [6.07, 6.45) is 0.770. The van der Waals surface area contributed by atoms with Crippen LogP contribution in [0.4, 0.5) is 5.69 Å². The van der Waals surface area contributed by atoms with Crippen LogP contribution < -0.4 is 0 Å². The minimum Gasteiger partial charge on any atom is -0.481 e. The molecular formula is C13H13N3O5. The van der Waals surface area contributed by atoms with E-state index in [1.54, 1.807) is 13.0 Å². The zero-order chi connectivity index (χ0) is 15.4. The van der Waals surface area contributed by atoms with Crippen LogP contribution in [0.25, 0.3) is 11.5 Å². The molecule has 21 heavy (non-hydrogen) atoms. The van der Waals surface area contributed by atoms with E-state index in [2.05, 4.69) is 10.2 Å². The summed E-state index contributed by atoms with van der Waals surface area (Å²) >= 11 is 0. The summed E-state index contributed by atoms with van der Waals surface area (Å²) in [4.78, 5) is 20.7. The van der Waals surface area contributed by atoms with E-state index in [0.717, 1.165) is 5.56 Å². The summed E-state index contributed by atoms with van der Waals surface area (Å²) < 4.78 is 5.43. The first kappa shape index (κ1) is 14.6. The maximum atomic E-state index is 10.8. The van der Waals surface area contributed by atoms with E-state index in [-0.39, 0.29) is 18.0 Å². The van der Waals surface area contributed by atoms with Crippen molar-refractivity contribution in [3.05, 3.63) is 39.8 Å². The van der Waals surface area contributed by atoms with Gasteiger partial charge < -0.3 is 9.52 Å². The summed E-state index contributed by atoms with van der Waals surface area (Å²) in [5, 5.41) is 27.0. The SMILES string of the molecule is Cc1ccc([N+](=O)[O-])cc1-c1nnc(CCCC(=O)O)o1. The first-order valence-electron chi connectivity index (χ1n) is 6.27.